The van der Waals surface area contributed by atoms with Gasteiger partial charge in [-0.1, -0.05) is 47.0 Å². The molecule has 0 radical (unpaired) electrons. The molecule has 5 heterocycles. The summed E-state index contributed by atoms with van der Waals surface area (Å²) in [5, 5.41) is 0. The van der Waals surface area contributed by atoms with Crippen LogP contribution in [0.1, 0.15) is 85.5 Å². The number of likely N-dealkylation sites (N-methyl/N-ethyl adjacent to an activating group) is 4. The Kier molecular flexibility index (Phi) is 32.6. The van der Waals surface area contributed by atoms with Crippen molar-refractivity contribution in [3.05, 3.63) is 0 Å². The van der Waals surface area contributed by atoms with Gasteiger partial charge in [0.15, 0.2) is 0 Å². The van der Waals surface area contributed by atoms with E-state index < -0.39 is 0 Å². The number of likely N-dealkylation sites (tertiary alicyclic amines) is 3. The van der Waals surface area contributed by atoms with Crippen molar-refractivity contribution in [2.75, 3.05) is 141 Å². The summed E-state index contributed by atoms with van der Waals surface area (Å²) >= 11 is 0. The third kappa shape index (κ3) is 29.6. The fourth-order valence-corrected chi connectivity index (χ4v) is 4.97. The van der Waals surface area contributed by atoms with E-state index in [0.717, 1.165) is 0 Å². The standard InChI is InChI=1S/2C6H14N2.3C6H13N.2C2H6/c2*1-7-3-5-8(2)6-4-7;3*1-7-5-3-2-4-6-7;2*1-2/h2*3-6H2,1-2H3;3*2-6H2,1H3;2*1-2H3. The van der Waals surface area contributed by atoms with E-state index in [1.165, 1.54) is 149 Å². The van der Waals surface area contributed by atoms with Gasteiger partial charge >= 0.3 is 0 Å². The number of hydrogen-bond acceptors (Lipinski definition) is 7. The summed E-state index contributed by atoms with van der Waals surface area (Å²) in [6.07, 6.45) is 12.8. The van der Waals surface area contributed by atoms with Gasteiger partial charge in [-0.2, -0.15) is 0 Å². The van der Waals surface area contributed by atoms with Crippen LogP contribution in [-0.4, -0.2) is 175 Å². The molecule has 5 rings (SSSR count). The number of hydrogen-bond donors (Lipinski definition) is 0. The highest BCUT2D eigenvalue weighted by atomic mass is 15.2. The molecule has 5 fully saturated rings. The maximum Gasteiger partial charge on any atom is 0.0107 e. The van der Waals surface area contributed by atoms with Gasteiger partial charge in [-0.3, -0.25) is 0 Å². The third-order valence-electron chi connectivity index (χ3n) is 8.19. The quantitative estimate of drug-likeness (QED) is 0.390. The normalized spacial score (nSPS) is 23.5. The Balaban J connectivity index is 0. The average Bonchev–Trinajstić information content (AvgIpc) is 3.01. The Morgan fingerprint density at radius 3 is 0.415 bits per heavy atom. The number of nitrogens with zero attached hydrogens (tertiary/aromatic N) is 7. The molecule has 0 unspecified atom stereocenters. The van der Waals surface area contributed by atoms with Crippen LogP contribution in [-0.2, 0) is 0 Å². The van der Waals surface area contributed by atoms with Crippen LogP contribution in [0, 0.1) is 0 Å². The number of piperazine rings is 2. The second-order valence-corrected chi connectivity index (χ2v) is 12.3. The fraction of sp³-hybridized carbons (Fsp3) is 1.00. The predicted octanol–water partition coefficient (Wildman–Crippen LogP) is 5.09. The van der Waals surface area contributed by atoms with E-state index in [0.29, 0.717) is 0 Å². The van der Waals surface area contributed by atoms with Gasteiger partial charge in [0.1, 0.15) is 0 Å². The first-order chi connectivity index (χ1) is 19.8. The van der Waals surface area contributed by atoms with E-state index in [2.05, 4.69) is 83.6 Å². The highest BCUT2D eigenvalue weighted by Crippen LogP contribution is 2.06. The Labute approximate surface area is 260 Å². The third-order valence-corrected chi connectivity index (χ3v) is 8.19. The molecule has 0 aromatic carbocycles. The maximum absolute atomic E-state index is 2.39. The van der Waals surface area contributed by atoms with Crippen LogP contribution in [0.2, 0.25) is 0 Å². The molecule has 0 aliphatic carbocycles. The van der Waals surface area contributed by atoms with Crippen molar-refractivity contribution in [3.63, 3.8) is 0 Å². The minimum atomic E-state index is 1.23. The molecule has 5 saturated heterocycles. The lowest BCUT2D eigenvalue weighted by Gasteiger charge is -2.28. The lowest BCUT2D eigenvalue weighted by Crippen LogP contribution is -2.42. The first-order valence-electron chi connectivity index (χ1n) is 17.6. The maximum atomic E-state index is 2.39. The molecule has 0 aromatic rings. The SMILES string of the molecule is CC.CC.CN1CCCCC1.CN1CCCCC1.CN1CCCCC1.CN1CCN(C)CC1.CN1CCN(C)CC1. The summed E-state index contributed by atoms with van der Waals surface area (Å²) in [6.45, 7) is 25.8. The minimum absolute atomic E-state index is 1.23. The van der Waals surface area contributed by atoms with Gasteiger partial charge in [0, 0.05) is 52.4 Å². The Morgan fingerprint density at radius 1 is 0.195 bits per heavy atom. The largest absolute Gasteiger partial charge is 0.306 e. The molecule has 0 aromatic heterocycles. The van der Waals surface area contributed by atoms with Crippen LogP contribution in [0.5, 0.6) is 0 Å². The lowest BCUT2D eigenvalue weighted by atomic mass is 10.1. The van der Waals surface area contributed by atoms with Gasteiger partial charge in [0.05, 0.1) is 0 Å². The topological polar surface area (TPSA) is 22.7 Å². The van der Waals surface area contributed by atoms with Crippen LogP contribution >= 0.6 is 0 Å². The molecule has 0 N–H and O–H groups in total. The second-order valence-electron chi connectivity index (χ2n) is 12.3. The van der Waals surface area contributed by atoms with Gasteiger partial charge in [0.2, 0.25) is 0 Å². The zero-order valence-corrected chi connectivity index (χ0v) is 30.4. The molecular weight excluding hydrogens is 506 g/mol. The Morgan fingerprint density at radius 2 is 0.317 bits per heavy atom. The predicted molar refractivity (Wildman–Crippen MR) is 187 cm³/mol. The van der Waals surface area contributed by atoms with Gasteiger partial charge in [-0.15, -0.1) is 0 Å². The van der Waals surface area contributed by atoms with E-state index in [1.54, 1.807) is 0 Å². The van der Waals surface area contributed by atoms with Crippen molar-refractivity contribution in [1.29, 1.82) is 0 Å². The molecule has 0 atom stereocenters. The summed E-state index contributed by atoms with van der Waals surface area (Å²) in [6, 6.07) is 0. The molecule has 0 amide bonds. The minimum Gasteiger partial charge on any atom is -0.306 e. The van der Waals surface area contributed by atoms with Crippen LogP contribution in [0.15, 0.2) is 0 Å². The summed E-state index contributed by atoms with van der Waals surface area (Å²) < 4.78 is 0. The van der Waals surface area contributed by atoms with Gasteiger partial charge in [-0.05, 0) is 127 Å². The first-order valence-corrected chi connectivity index (χ1v) is 17.6. The summed E-state index contributed by atoms with van der Waals surface area (Å²) in [7, 11) is 15.3. The lowest BCUT2D eigenvalue weighted by molar-refractivity contribution is 0.181. The van der Waals surface area contributed by atoms with E-state index >= 15 is 0 Å². The van der Waals surface area contributed by atoms with Crippen LogP contribution in [0.25, 0.3) is 0 Å². The summed E-state index contributed by atoms with van der Waals surface area (Å²) in [5.74, 6) is 0. The first kappa shape index (κ1) is 42.9. The van der Waals surface area contributed by atoms with Crippen molar-refractivity contribution in [1.82, 2.24) is 34.3 Å². The van der Waals surface area contributed by atoms with Gasteiger partial charge < -0.3 is 34.3 Å². The molecule has 7 nitrogen and oxygen atoms in total. The van der Waals surface area contributed by atoms with Crippen LogP contribution in [0.3, 0.4) is 0 Å². The zero-order valence-electron chi connectivity index (χ0n) is 30.4. The fourth-order valence-electron chi connectivity index (χ4n) is 4.97. The van der Waals surface area contributed by atoms with E-state index in [1.807, 2.05) is 27.7 Å². The molecule has 7 heteroatoms. The molecular formula is C34H79N7. The summed E-state index contributed by atoms with van der Waals surface area (Å²) in [5.41, 5.74) is 0. The molecule has 5 aliphatic rings. The van der Waals surface area contributed by atoms with Gasteiger partial charge in [0.25, 0.3) is 0 Å². The van der Waals surface area contributed by atoms with E-state index in [9.17, 15) is 0 Å². The zero-order chi connectivity index (χ0) is 31.3. The van der Waals surface area contributed by atoms with Crippen LogP contribution < -0.4 is 0 Å². The number of rotatable bonds is 0. The second kappa shape index (κ2) is 31.2. The molecule has 41 heavy (non-hydrogen) atoms. The summed E-state index contributed by atoms with van der Waals surface area (Å²) in [4.78, 5) is 16.6. The molecule has 0 spiro atoms. The van der Waals surface area contributed by atoms with Crippen molar-refractivity contribution in [3.8, 4) is 0 Å². The average molecular weight is 586 g/mol. The monoisotopic (exact) mass is 586 g/mol. The smallest absolute Gasteiger partial charge is 0.0107 e. The van der Waals surface area contributed by atoms with Crippen molar-refractivity contribution >= 4 is 0 Å². The van der Waals surface area contributed by atoms with Crippen LogP contribution in [0.4, 0.5) is 0 Å². The molecule has 0 saturated carbocycles. The van der Waals surface area contributed by atoms with Crippen molar-refractivity contribution in [2.24, 2.45) is 0 Å². The Hall–Kier alpha value is -0.280. The molecule has 5 aliphatic heterocycles. The van der Waals surface area contributed by atoms with E-state index in [4.69, 9.17) is 0 Å². The highest BCUT2D eigenvalue weighted by Gasteiger charge is 2.09. The van der Waals surface area contributed by atoms with Crippen molar-refractivity contribution in [2.45, 2.75) is 85.5 Å². The molecule has 250 valence electrons. The van der Waals surface area contributed by atoms with Crippen molar-refractivity contribution < 1.29 is 0 Å². The number of piperidine rings is 3. The Bertz CT molecular complexity index is 395. The van der Waals surface area contributed by atoms with Gasteiger partial charge in [-0.25, -0.2) is 0 Å². The highest BCUT2D eigenvalue weighted by molar-refractivity contribution is 4.65. The molecule has 0 bridgehead atoms. The van der Waals surface area contributed by atoms with E-state index in [-0.39, 0.29) is 0 Å².